The lowest BCUT2D eigenvalue weighted by molar-refractivity contribution is -0.141. The maximum Gasteiger partial charge on any atom is 0.243 e. The second kappa shape index (κ2) is 12.6. The summed E-state index contributed by atoms with van der Waals surface area (Å²) in [7, 11) is 0. The molecule has 0 unspecified atom stereocenters. The van der Waals surface area contributed by atoms with Crippen molar-refractivity contribution in [3.8, 4) is 0 Å². The fourth-order valence-electron chi connectivity index (χ4n) is 3.70. The molecule has 4 nitrogen and oxygen atoms in total. The van der Waals surface area contributed by atoms with Gasteiger partial charge in [0.05, 0.1) is 16.5 Å². The molecule has 0 aromatic heterocycles. The van der Waals surface area contributed by atoms with E-state index in [-0.39, 0.29) is 24.3 Å². The average molecular weight is 497 g/mol. The molecule has 3 aromatic carbocycles. The van der Waals surface area contributed by atoms with Crippen LogP contribution < -0.4 is 5.32 Å². The molecule has 6 heteroatoms. The number of amides is 2. The van der Waals surface area contributed by atoms with Crippen LogP contribution in [0.1, 0.15) is 37.0 Å². The molecule has 0 heterocycles. The molecule has 0 fully saturated rings. The predicted octanol–water partition coefficient (Wildman–Crippen LogP) is 6.09. The van der Waals surface area contributed by atoms with Crippen LogP contribution >= 0.6 is 23.2 Å². The van der Waals surface area contributed by atoms with Gasteiger partial charge in [0.1, 0.15) is 6.04 Å². The Morgan fingerprint density at radius 1 is 0.853 bits per heavy atom. The maximum atomic E-state index is 13.7. The summed E-state index contributed by atoms with van der Waals surface area (Å²) < 4.78 is 0. The van der Waals surface area contributed by atoms with Gasteiger partial charge in [-0.05, 0) is 42.2 Å². The third kappa shape index (κ3) is 7.34. The first-order valence-corrected chi connectivity index (χ1v) is 12.2. The number of carbonyl (C=O) groups excluding carboxylic acids is 2. The monoisotopic (exact) mass is 496 g/mol. The summed E-state index contributed by atoms with van der Waals surface area (Å²) in [6.07, 6.45) is 1.34. The first-order chi connectivity index (χ1) is 16.4. The Morgan fingerprint density at radius 3 is 2.06 bits per heavy atom. The molecular formula is C28H30Cl2N2O2. The van der Waals surface area contributed by atoms with Gasteiger partial charge in [-0.1, -0.05) is 96.9 Å². The summed E-state index contributed by atoms with van der Waals surface area (Å²) in [6, 6.07) is 24.0. The van der Waals surface area contributed by atoms with Gasteiger partial charge in [0.15, 0.2) is 0 Å². The van der Waals surface area contributed by atoms with Crippen LogP contribution in [0.5, 0.6) is 0 Å². The minimum Gasteiger partial charge on any atom is -0.352 e. The summed E-state index contributed by atoms with van der Waals surface area (Å²) in [4.78, 5) is 28.8. The standard InChI is InChI=1S/C28H30Cl2N2O2/c1-3-20(2)31-28(34)26(17-21-10-6-4-7-11-21)32(19-22-12-8-5-9-13-22)27(33)18-23-14-15-24(29)25(30)16-23/h4-16,20,26H,3,17-19H2,1-2H3,(H,31,34)/t20-,26+/m1/s1. The summed E-state index contributed by atoms with van der Waals surface area (Å²) in [6.45, 7) is 4.32. The number of nitrogens with zero attached hydrogens (tertiary/aromatic N) is 1. The molecule has 2 amide bonds. The van der Waals surface area contributed by atoms with E-state index in [1.165, 1.54) is 0 Å². The molecule has 0 aliphatic carbocycles. The highest BCUT2D eigenvalue weighted by molar-refractivity contribution is 6.42. The summed E-state index contributed by atoms with van der Waals surface area (Å²) >= 11 is 12.2. The van der Waals surface area contributed by atoms with Crippen molar-refractivity contribution in [2.24, 2.45) is 0 Å². The van der Waals surface area contributed by atoms with Gasteiger partial charge in [0.25, 0.3) is 0 Å². The molecule has 3 rings (SSSR count). The van der Waals surface area contributed by atoms with E-state index in [0.717, 1.165) is 23.1 Å². The third-order valence-corrected chi connectivity index (χ3v) is 6.55. The van der Waals surface area contributed by atoms with Crippen LogP contribution in [0.25, 0.3) is 0 Å². The zero-order chi connectivity index (χ0) is 24.5. The van der Waals surface area contributed by atoms with E-state index in [4.69, 9.17) is 23.2 Å². The molecule has 2 atom stereocenters. The molecule has 0 bridgehead atoms. The maximum absolute atomic E-state index is 13.7. The van der Waals surface area contributed by atoms with E-state index in [1.54, 1.807) is 23.1 Å². The topological polar surface area (TPSA) is 49.4 Å². The van der Waals surface area contributed by atoms with E-state index in [1.807, 2.05) is 74.5 Å². The van der Waals surface area contributed by atoms with E-state index in [0.29, 0.717) is 23.0 Å². The first-order valence-electron chi connectivity index (χ1n) is 11.5. The molecule has 178 valence electrons. The van der Waals surface area contributed by atoms with Crippen LogP contribution in [0.3, 0.4) is 0 Å². The van der Waals surface area contributed by atoms with Crippen LogP contribution in [-0.2, 0) is 29.0 Å². The van der Waals surface area contributed by atoms with Crippen LogP contribution in [0.15, 0.2) is 78.9 Å². The molecule has 0 aliphatic heterocycles. The highest BCUT2D eigenvalue weighted by Gasteiger charge is 2.31. The molecule has 34 heavy (non-hydrogen) atoms. The van der Waals surface area contributed by atoms with E-state index < -0.39 is 6.04 Å². The fraction of sp³-hybridized carbons (Fsp3) is 0.286. The minimum absolute atomic E-state index is 0.00882. The van der Waals surface area contributed by atoms with Gasteiger partial charge in [-0.3, -0.25) is 9.59 Å². The number of rotatable bonds is 10. The number of carbonyl (C=O) groups is 2. The lowest BCUT2D eigenvalue weighted by atomic mass is 10.0. The second-order valence-corrected chi connectivity index (χ2v) is 9.27. The molecule has 1 N–H and O–H groups in total. The van der Waals surface area contributed by atoms with E-state index in [9.17, 15) is 9.59 Å². The number of hydrogen-bond donors (Lipinski definition) is 1. The third-order valence-electron chi connectivity index (χ3n) is 5.81. The van der Waals surface area contributed by atoms with Gasteiger partial charge in [-0.15, -0.1) is 0 Å². The Kier molecular flexibility index (Phi) is 9.55. The Labute approximate surface area is 211 Å². The fourth-order valence-corrected chi connectivity index (χ4v) is 4.02. The second-order valence-electron chi connectivity index (χ2n) is 8.46. The van der Waals surface area contributed by atoms with Crippen LogP contribution in [0.2, 0.25) is 10.0 Å². The van der Waals surface area contributed by atoms with Crippen molar-refractivity contribution in [2.45, 2.75) is 51.7 Å². The van der Waals surface area contributed by atoms with Gasteiger partial charge in [0, 0.05) is 19.0 Å². The molecule has 0 saturated heterocycles. The molecule has 0 spiro atoms. The quantitative estimate of drug-likeness (QED) is 0.369. The normalized spacial score (nSPS) is 12.6. The Bertz CT molecular complexity index is 1090. The summed E-state index contributed by atoms with van der Waals surface area (Å²) in [5, 5.41) is 3.92. The SMILES string of the molecule is CC[C@@H](C)NC(=O)[C@H](Cc1ccccc1)N(Cc1ccccc1)C(=O)Cc1ccc(Cl)c(Cl)c1. The lowest BCUT2D eigenvalue weighted by Gasteiger charge is -2.32. The van der Waals surface area contributed by atoms with E-state index >= 15 is 0 Å². The van der Waals surface area contributed by atoms with Gasteiger partial charge >= 0.3 is 0 Å². The largest absolute Gasteiger partial charge is 0.352 e. The number of hydrogen-bond acceptors (Lipinski definition) is 2. The molecule has 0 saturated carbocycles. The van der Waals surface area contributed by atoms with Crippen LogP contribution in [0.4, 0.5) is 0 Å². The lowest BCUT2D eigenvalue weighted by Crippen LogP contribution is -2.52. The van der Waals surface area contributed by atoms with Crippen molar-refractivity contribution < 1.29 is 9.59 Å². The van der Waals surface area contributed by atoms with E-state index in [2.05, 4.69) is 5.32 Å². The number of nitrogens with one attached hydrogen (secondary N) is 1. The van der Waals surface area contributed by atoms with Crippen molar-refractivity contribution in [1.29, 1.82) is 0 Å². The van der Waals surface area contributed by atoms with Gasteiger partial charge in [-0.25, -0.2) is 0 Å². The summed E-state index contributed by atoms with van der Waals surface area (Å²) in [5.74, 6) is -0.306. The van der Waals surface area contributed by atoms with Crippen LogP contribution in [-0.4, -0.2) is 28.8 Å². The smallest absolute Gasteiger partial charge is 0.243 e. The highest BCUT2D eigenvalue weighted by atomic mass is 35.5. The zero-order valence-electron chi connectivity index (χ0n) is 19.5. The zero-order valence-corrected chi connectivity index (χ0v) is 21.0. The van der Waals surface area contributed by atoms with Gasteiger partial charge in [-0.2, -0.15) is 0 Å². The number of benzene rings is 3. The van der Waals surface area contributed by atoms with Crippen molar-refractivity contribution >= 4 is 35.0 Å². The average Bonchev–Trinajstić information content (AvgIpc) is 2.84. The predicted molar refractivity (Wildman–Crippen MR) is 139 cm³/mol. The first kappa shape index (κ1) is 25.8. The van der Waals surface area contributed by atoms with Crippen molar-refractivity contribution in [2.75, 3.05) is 0 Å². The Hall–Kier alpha value is -2.82. The van der Waals surface area contributed by atoms with Gasteiger partial charge in [0.2, 0.25) is 11.8 Å². The Balaban J connectivity index is 1.96. The minimum atomic E-state index is -0.660. The highest BCUT2D eigenvalue weighted by Crippen LogP contribution is 2.24. The van der Waals surface area contributed by atoms with Crippen LogP contribution in [0, 0.1) is 0 Å². The molecule has 0 aliphatic rings. The van der Waals surface area contributed by atoms with Crippen molar-refractivity contribution in [3.05, 3.63) is 106 Å². The van der Waals surface area contributed by atoms with Gasteiger partial charge < -0.3 is 10.2 Å². The Morgan fingerprint density at radius 2 is 1.47 bits per heavy atom. The van der Waals surface area contributed by atoms with Crippen molar-refractivity contribution in [3.63, 3.8) is 0 Å². The molecule has 3 aromatic rings. The molecule has 0 radical (unpaired) electrons. The molecular weight excluding hydrogens is 467 g/mol. The van der Waals surface area contributed by atoms with Crippen molar-refractivity contribution in [1.82, 2.24) is 10.2 Å². The summed E-state index contributed by atoms with van der Waals surface area (Å²) in [5.41, 5.74) is 2.70. The number of halogens is 2.